The zero-order valence-corrected chi connectivity index (χ0v) is 21.1. The molecule has 170 valence electrons. The van der Waals surface area contributed by atoms with Crippen LogP contribution >= 0.6 is 35.6 Å². The van der Waals surface area contributed by atoms with E-state index in [-0.39, 0.29) is 24.0 Å². The fourth-order valence-corrected chi connectivity index (χ4v) is 4.49. The molecule has 1 atom stereocenters. The molecule has 10 heteroatoms. The van der Waals surface area contributed by atoms with Gasteiger partial charge in [0, 0.05) is 58.3 Å². The van der Waals surface area contributed by atoms with Gasteiger partial charge >= 0.3 is 0 Å². The number of aromatic nitrogens is 4. The SMILES string of the molecule is CN=C(NCCCc1nnc2n1CCCCC2)NC1CCN(c2ncccc2Cl)C1.I. The molecule has 0 spiro atoms. The molecule has 2 aromatic heterocycles. The first-order chi connectivity index (χ1) is 14.7. The maximum atomic E-state index is 6.29. The molecule has 0 aromatic carbocycles. The summed E-state index contributed by atoms with van der Waals surface area (Å²) in [5, 5.41) is 16.5. The number of nitrogens with one attached hydrogen (secondary N) is 2. The monoisotopic (exact) mass is 558 g/mol. The molecule has 4 rings (SSSR count). The molecular weight excluding hydrogens is 527 g/mol. The van der Waals surface area contributed by atoms with Crippen molar-refractivity contribution in [1.29, 1.82) is 0 Å². The van der Waals surface area contributed by atoms with Gasteiger partial charge in [-0.25, -0.2) is 4.98 Å². The van der Waals surface area contributed by atoms with E-state index in [0.29, 0.717) is 11.1 Å². The quantitative estimate of drug-likeness (QED) is 0.245. The van der Waals surface area contributed by atoms with Crippen molar-refractivity contribution in [2.45, 2.75) is 57.5 Å². The highest BCUT2D eigenvalue weighted by molar-refractivity contribution is 14.0. The second kappa shape index (κ2) is 11.8. The van der Waals surface area contributed by atoms with Crippen molar-refractivity contribution in [2.75, 3.05) is 31.6 Å². The van der Waals surface area contributed by atoms with Crippen molar-refractivity contribution in [1.82, 2.24) is 30.4 Å². The zero-order chi connectivity index (χ0) is 20.8. The molecule has 1 fully saturated rings. The third-order valence-corrected chi connectivity index (χ3v) is 6.14. The molecule has 2 N–H and O–H groups in total. The number of aliphatic imine (C=N–C) groups is 1. The van der Waals surface area contributed by atoms with Crippen molar-refractivity contribution in [3.05, 3.63) is 35.0 Å². The first-order valence-electron chi connectivity index (χ1n) is 11.0. The number of aryl methyl sites for hydroxylation is 2. The second-order valence-electron chi connectivity index (χ2n) is 7.98. The fraction of sp³-hybridized carbons (Fsp3) is 0.619. The molecule has 2 aliphatic heterocycles. The van der Waals surface area contributed by atoms with Crippen LogP contribution in [0.3, 0.4) is 0 Å². The summed E-state index contributed by atoms with van der Waals surface area (Å²) in [5.74, 6) is 3.98. The molecule has 2 aliphatic rings. The molecule has 0 amide bonds. The Morgan fingerprint density at radius 1 is 1.26 bits per heavy atom. The highest BCUT2D eigenvalue weighted by Crippen LogP contribution is 2.25. The first-order valence-corrected chi connectivity index (χ1v) is 11.4. The smallest absolute Gasteiger partial charge is 0.191 e. The molecule has 0 radical (unpaired) electrons. The Morgan fingerprint density at radius 2 is 2.16 bits per heavy atom. The van der Waals surface area contributed by atoms with Crippen LogP contribution in [0.5, 0.6) is 0 Å². The Labute approximate surface area is 206 Å². The van der Waals surface area contributed by atoms with Crippen LogP contribution in [0.2, 0.25) is 5.02 Å². The van der Waals surface area contributed by atoms with Crippen LogP contribution in [0.25, 0.3) is 0 Å². The summed E-state index contributed by atoms with van der Waals surface area (Å²) in [7, 11) is 1.82. The number of anilines is 1. The van der Waals surface area contributed by atoms with Gasteiger partial charge in [-0.2, -0.15) is 0 Å². The molecule has 31 heavy (non-hydrogen) atoms. The van der Waals surface area contributed by atoms with Crippen LogP contribution in [-0.2, 0) is 19.4 Å². The average Bonchev–Trinajstić information content (AvgIpc) is 3.30. The van der Waals surface area contributed by atoms with Gasteiger partial charge in [-0.3, -0.25) is 4.99 Å². The van der Waals surface area contributed by atoms with Crippen molar-refractivity contribution in [2.24, 2.45) is 4.99 Å². The molecular formula is C21H32ClIN8. The number of halogens is 2. The summed E-state index contributed by atoms with van der Waals surface area (Å²) in [5.41, 5.74) is 0. The van der Waals surface area contributed by atoms with Gasteiger partial charge < -0.3 is 20.1 Å². The summed E-state index contributed by atoms with van der Waals surface area (Å²) < 4.78 is 2.33. The van der Waals surface area contributed by atoms with E-state index in [2.05, 4.69) is 40.3 Å². The predicted octanol–water partition coefficient (Wildman–Crippen LogP) is 3.05. The normalized spacial score (nSPS) is 18.8. The zero-order valence-electron chi connectivity index (χ0n) is 18.1. The predicted molar refractivity (Wildman–Crippen MR) is 136 cm³/mol. The van der Waals surface area contributed by atoms with E-state index in [4.69, 9.17) is 11.6 Å². The molecule has 4 heterocycles. The van der Waals surface area contributed by atoms with Gasteiger partial charge in [0.15, 0.2) is 5.96 Å². The molecule has 1 unspecified atom stereocenters. The van der Waals surface area contributed by atoms with Gasteiger partial charge in [-0.05, 0) is 37.8 Å². The number of hydrogen-bond donors (Lipinski definition) is 2. The van der Waals surface area contributed by atoms with Crippen LogP contribution in [-0.4, -0.2) is 58.4 Å². The van der Waals surface area contributed by atoms with E-state index in [9.17, 15) is 0 Å². The van der Waals surface area contributed by atoms with Crippen molar-refractivity contribution in [3.8, 4) is 0 Å². The Morgan fingerprint density at radius 3 is 3.00 bits per heavy atom. The van der Waals surface area contributed by atoms with Crippen molar-refractivity contribution >= 4 is 47.4 Å². The van der Waals surface area contributed by atoms with Gasteiger partial charge in [-0.1, -0.05) is 18.0 Å². The van der Waals surface area contributed by atoms with E-state index in [1.54, 1.807) is 6.20 Å². The Bertz CT molecular complexity index is 871. The topological polar surface area (TPSA) is 83.3 Å². The Hall–Kier alpha value is -1.62. The number of nitrogens with zero attached hydrogens (tertiary/aromatic N) is 6. The maximum Gasteiger partial charge on any atom is 0.191 e. The second-order valence-corrected chi connectivity index (χ2v) is 8.39. The van der Waals surface area contributed by atoms with Crippen LogP contribution in [0.1, 0.15) is 43.8 Å². The summed E-state index contributed by atoms with van der Waals surface area (Å²) >= 11 is 6.29. The molecule has 0 saturated carbocycles. The van der Waals surface area contributed by atoms with E-state index in [0.717, 1.165) is 75.3 Å². The van der Waals surface area contributed by atoms with Gasteiger partial charge in [0.1, 0.15) is 17.5 Å². The maximum absolute atomic E-state index is 6.29. The lowest BCUT2D eigenvalue weighted by Gasteiger charge is -2.20. The number of guanidine groups is 1. The highest BCUT2D eigenvalue weighted by atomic mass is 127. The number of rotatable bonds is 6. The molecule has 0 aliphatic carbocycles. The first kappa shape index (κ1) is 24.0. The molecule has 2 aromatic rings. The Balaban J connectivity index is 0.00000272. The number of pyridine rings is 1. The minimum atomic E-state index is 0. The third kappa shape index (κ3) is 6.21. The largest absolute Gasteiger partial charge is 0.356 e. The highest BCUT2D eigenvalue weighted by Gasteiger charge is 2.25. The van der Waals surface area contributed by atoms with E-state index in [1.165, 1.54) is 19.3 Å². The minimum Gasteiger partial charge on any atom is -0.356 e. The lowest BCUT2D eigenvalue weighted by atomic mass is 10.2. The number of hydrogen-bond acceptors (Lipinski definition) is 5. The Kier molecular flexibility index (Phi) is 9.18. The molecule has 1 saturated heterocycles. The lowest BCUT2D eigenvalue weighted by molar-refractivity contribution is 0.591. The summed E-state index contributed by atoms with van der Waals surface area (Å²) in [6, 6.07) is 4.07. The summed E-state index contributed by atoms with van der Waals surface area (Å²) in [6.45, 7) is 3.71. The molecule has 8 nitrogen and oxygen atoms in total. The standard InChI is InChI=1S/C21H31ClN8.HI/c1-23-21(26-16-10-14-29(15-16)20-17(22)7-5-11-24-20)25-12-6-9-19-28-27-18-8-3-2-4-13-30(18)19;/h5,7,11,16H,2-4,6,8-10,12-15H2,1H3,(H2,23,25,26);1H. The molecule has 0 bridgehead atoms. The summed E-state index contributed by atoms with van der Waals surface area (Å²) in [6.07, 6.45) is 9.56. The summed E-state index contributed by atoms with van der Waals surface area (Å²) in [4.78, 5) is 11.0. The van der Waals surface area contributed by atoms with Crippen LogP contribution < -0.4 is 15.5 Å². The van der Waals surface area contributed by atoms with E-state index in [1.807, 2.05) is 19.2 Å². The fourth-order valence-electron chi connectivity index (χ4n) is 4.25. The third-order valence-electron chi connectivity index (χ3n) is 5.85. The van der Waals surface area contributed by atoms with Crippen LogP contribution in [0.15, 0.2) is 23.3 Å². The van der Waals surface area contributed by atoms with Gasteiger partial charge in [0.25, 0.3) is 0 Å². The number of fused-ring (bicyclic) bond motifs is 1. The van der Waals surface area contributed by atoms with E-state index < -0.39 is 0 Å². The average molecular weight is 559 g/mol. The van der Waals surface area contributed by atoms with Crippen molar-refractivity contribution in [3.63, 3.8) is 0 Å². The minimum absolute atomic E-state index is 0. The van der Waals surface area contributed by atoms with Gasteiger partial charge in [-0.15, -0.1) is 34.2 Å². The van der Waals surface area contributed by atoms with Crippen LogP contribution in [0.4, 0.5) is 5.82 Å². The van der Waals surface area contributed by atoms with Crippen LogP contribution in [0, 0.1) is 0 Å². The van der Waals surface area contributed by atoms with Crippen molar-refractivity contribution < 1.29 is 0 Å². The van der Waals surface area contributed by atoms with Gasteiger partial charge in [0.05, 0.1) is 5.02 Å². The van der Waals surface area contributed by atoms with E-state index >= 15 is 0 Å². The lowest BCUT2D eigenvalue weighted by Crippen LogP contribution is -2.45. The van der Waals surface area contributed by atoms with Gasteiger partial charge in [0.2, 0.25) is 0 Å².